The first kappa shape index (κ1) is 24.6. The van der Waals surface area contributed by atoms with Crippen LogP contribution < -0.4 is 15.0 Å². The first-order valence-corrected chi connectivity index (χ1v) is 11.6. The number of anilines is 1. The van der Waals surface area contributed by atoms with E-state index in [1.54, 1.807) is 24.3 Å². The van der Waals surface area contributed by atoms with Gasteiger partial charge in [-0.1, -0.05) is 43.8 Å². The molecule has 8 nitrogen and oxygen atoms in total. The van der Waals surface area contributed by atoms with E-state index >= 15 is 0 Å². The molecule has 1 aromatic heterocycles. The normalized spacial score (nSPS) is 11.4. The summed E-state index contributed by atoms with van der Waals surface area (Å²) in [7, 11) is -2.23. The molecule has 0 saturated carbocycles. The van der Waals surface area contributed by atoms with Gasteiger partial charge in [-0.3, -0.25) is 0 Å². The van der Waals surface area contributed by atoms with Gasteiger partial charge >= 0.3 is 11.6 Å². The van der Waals surface area contributed by atoms with Crippen LogP contribution in [0.15, 0.2) is 47.2 Å². The Bertz CT molecular complexity index is 1140. The number of rotatable bonds is 10. The molecule has 0 aliphatic heterocycles. The van der Waals surface area contributed by atoms with E-state index in [1.165, 1.54) is 29.5 Å². The van der Waals surface area contributed by atoms with Gasteiger partial charge in [0.2, 0.25) is 0 Å². The van der Waals surface area contributed by atoms with Gasteiger partial charge in [0.25, 0.3) is 0 Å². The minimum atomic E-state index is -3.76. The molecule has 0 saturated heterocycles. The van der Waals surface area contributed by atoms with Crippen molar-refractivity contribution in [2.45, 2.75) is 26.4 Å². The minimum absolute atomic E-state index is 0.00483. The van der Waals surface area contributed by atoms with E-state index < -0.39 is 15.4 Å². The maximum atomic E-state index is 13.4. The zero-order valence-corrected chi connectivity index (χ0v) is 19.2. The molecule has 0 aliphatic rings. The molecule has 168 valence electrons. The third-order valence-electron chi connectivity index (χ3n) is 4.89. The van der Waals surface area contributed by atoms with Crippen molar-refractivity contribution < 1.29 is 23.2 Å². The van der Waals surface area contributed by atoms with Crippen LogP contribution in [0.25, 0.3) is 6.08 Å². The summed E-state index contributed by atoms with van der Waals surface area (Å²) in [5, 5.41) is 20.0. The van der Waals surface area contributed by atoms with Crippen LogP contribution in [0.3, 0.4) is 0 Å². The van der Waals surface area contributed by atoms with Crippen molar-refractivity contribution in [1.82, 2.24) is 4.57 Å². The molecular weight excluding hydrogens is 442 g/mol. The zero-order chi connectivity index (χ0) is 23.3. The SMILES string of the molecule is C=Cc1c(N(Cc2ccc(Cl)cc2)C(=C)S(=O)(=O)CC)c(=O)n(CCCO)c(O)[n+]1C. The summed E-state index contributed by atoms with van der Waals surface area (Å²) in [4.78, 5) is 14.7. The van der Waals surface area contributed by atoms with E-state index in [2.05, 4.69) is 13.2 Å². The van der Waals surface area contributed by atoms with Gasteiger partial charge in [0.15, 0.2) is 21.2 Å². The number of aromatic nitrogens is 2. The number of sulfone groups is 1. The van der Waals surface area contributed by atoms with E-state index in [1.807, 2.05) is 0 Å². The van der Waals surface area contributed by atoms with Gasteiger partial charge in [0.05, 0.1) is 19.3 Å². The monoisotopic (exact) mass is 468 g/mol. The van der Waals surface area contributed by atoms with Gasteiger partial charge in [-0.25, -0.2) is 13.2 Å². The van der Waals surface area contributed by atoms with E-state index in [0.717, 1.165) is 4.57 Å². The van der Waals surface area contributed by atoms with Crippen molar-refractivity contribution >= 4 is 33.2 Å². The molecule has 0 aliphatic carbocycles. The Hall–Kier alpha value is -2.62. The number of nitrogens with zero attached hydrogens (tertiary/aromatic N) is 3. The summed E-state index contributed by atoms with van der Waals surface area (Å²) in [6.45, 7) is 8.87. The van der Waals surface area contributed by atoms with Crippen LogP contribution in [-0.2, 0) is 30.0 Å². The molecule has 0 spiro atoms. The highest BCUT2D eigenvalue weighted by Crippen LogP contribution is 2.26. The highest BCUT2D eigenvalue weighted by atomic mass is 35.5. The maximum Gasteiger partial charge on any atom is 0.456 e. The summed E-state index contributed by atoms with van der Waals surface area (Å²) in [6, 6.07) is 6.43. The highest BCUT2D eigenvalue weighted by molar-refractivity contribution is 7.95. The summed E-state index contributed by atoms with van der Waals surface area (Å²) in [5.74, 6) is -0.199. The maximum absolute atomic E-state index is 13.4. The summed E-state index contributed by atoms with van der Waals surface area (Å²) >= 11 is 5.96. The lowest BCUT2D eigenvalue weighted by Crippen LogP contribution is -2.45. The highest BCUT2D eigenvalue weighted by Gasteiger charge is 2.32. The standard InChI is InChI=1S/C21H26ClN3O5S/c1-5-18-19(20(27)24(12-7-13-26)21(28)23(18)4)25(15(3)31(29,30)6-2)14-16-8-10-17(22)11-9-16/h5,8-11,26H,1,3,6-7,12-14H2,2,4H3/p+1. The molecule has 2 N–H and O–H groups in total. The topological polar surface area (TPSA) is 104 Å². The second-order valence-corrected chi connectivity index (χ2v) is 9.56. The van der Waals surface area contributed by atoms with Crippen molar-refractivity contribution in [2.24, 2.45) is 7.05 Å². The Morgan fingerprint density at radius 1 is 1.32 bits per heavy atom. The van der Waals surface area contributed by atoms with Crippen molar-refractivity contribution in [3.63, 3.8) is 0 Å². The van der Waals surface area contributed by atoms with E-state index in [-0.39, 0.29) is 54.3 Å². The van der Waals surface area contributed by atoms with Crippen LogP contribution >= 0.6 is 11.6 Å². The lowest BCUT2D eigenvalue weighted by atomic mass is 10.2. The Morgan fingerprint density at radius 2 is 1.94 bits per heavy atom. The molecular formula is C21H27ClN3O5S+. The van der Waals surface area contributed by atoms with Gasteiger partial charge in [-0.15, -0.1) is 0 Å². The molecule has 2 rings (SSSR count). The van der Waals surface area contributed by atoms with Crippen molar-refractivity contribution in [3.05, 3.63) is 69.1 Å². The zero-order valence-electron chi connectivity index (χ0n) is 17.6. The predicted molar refractivity (Wildman–Crippen MR) is 122 cm³/mol. The van der Waals surface area contributed by atoms with Crippen LogP contribution in [0.2, 0.25) is 5.02 Å². The molecule has 31 heavy (non-hydrogen) atoms. The smallest absolute Gasteiger partial charge is 0.446 e. The van der Waals surface area contributed by atoms with Crippen LogP contribution in [0, 0.1) is 0 Å². The molecule has 0 bridgehead atoms. The number of aromatic hydroxyl groups is 1. The third kappa shape index (κ3) is 5.17. The Kier molecular flexibility index (Phi) is 8.05. The van der Waals surface area contributed by atoms with Crippen LogP contribution in [-0.4, -0.2) is 35.6 Å². The molecule has 1 aromatic carbocycles. The Labute approximate surface area is 186 Å². The molecule has 0 unspecified atom stereocenters. The Morgan fingerprint density at radius 3 is 2.45 bits per heavy atom. The van der Waals surface area contributed by atoms with E-state index in [9.17, 15) is 18.3 Å². The molecule has 0 radical (unpaired) electrons. The van der Waals surface area contributed by atoms with E-state index in [4.69, 9.17) is 16.7 Å². The van der Waals surface area contributed by atoms with Crippen molar-refractivity contribution in [1.29, 1.82) is 0 Å². The predicted octanol–water partition coefficient (Wildman–Crippen LogP) is 1.97. The van der Waals surface area contributed by atoms with Crippen molar-refractivity contribution in [2.75, 3.05) is 17.3 Å². The number of aliphatic hydroxyl groups excluding tert-OH is 1. The number of halogens is 1. The summed E-state index contributed by atoms with van der Waals surface area (Å²) in [6.07, 6.45) is 1.60. The van der Waals surface area contributed by atoms with Gasteiger partial charge < -0.3 is 15.1 Å². The fraction of sp³-hybridized carbons (Fsp3) is 0.333. The first-order chi connectivity index (χ1) is 14.6. The van der Waals surface area contributed by atoms with E-state index in [0.29, 0.717) is 10.6 Å². The second-order valence-electron chi connectivity index (χ2n) is 6.84. The molecule has 1 heterocycles. The second kappa shape index (κ2) is 10.1. The lowest BCUT2D eigenvalue weighted by molar-refractivity contribution is -0.683. The first-order valence-electron chi connectivity index (χ1n) is 9.61. The molecule has 0 amide bonds. The average Bonchev–Trinajstić information content (AvgIpc) is 2.75. The Balaban J connectivity index is 2.81. The van der Waals surface area contributed by atoms with Crippen LogP contribution in [0.5, 0.6) is 6.01 Å². The van der Waals surface area contributed by atoms with Gasteiger partial charge in [-0.05, 0) is 23.8 Å². The number of hydrogen-bond donors (Lipinski definition) is 2. The largest absolute Gasteiger partial charge is 0.456 e. The minimum Gasteiger partial charge on any atom is -0.446 e. The summed E-state index contributed by atoms with van der Waals surface area (Å²) < 4.78 is 27.8. The quantitative estimate of drug-likeness (QED) is 0.517. The molecule has 10 heteroatoms. The fourth-order valence-corrected chi connectivity index (χ4v) is 4.04. The van der Waals surface area contributed by atoms with Crippen molar-refractivity contribution in [3.8, 4) is 6.01 Å². The third-order valence-corrected chi connectivity index (χ3v) is 6.84. The van der Waals surface area contributed by atoms with Gasteiger partial charge in [0.1, 0.15) is 5.03 Å². The number of aliphatic hydroxyl groups is 1. The van der Waals surface area contributed by atoms with Crippen LogP contribution in [0.1, 0.15) is 24.6 Å². The summed E-state index contributed by atoms with van der Waals surface area (Å²) in [5.41, 5.74) is 0.304. The fourth-order valence-electron chi connectivity index (χ4n) is 3.09. The molecule has 0 fully saturated rings. The number of benzene rings is 1. The van der Waals surface area contributed by atoms with Crippen LogP contribution in [0.4, 0.5) is 5.69 Å². The number of hydrogen-bond acceptors (Lipinski definition) is 6. The molecule has 0 atom stereocenters. The molecule has 2 aromatic rings. The van der Waals surface area contributed by atoms with Gasteiger partial charge in [-0.2, -0.15) is 9.13 Å². The lowest BCUT2D eigenvalue weighted by Gasteiger charge is -2.26. The average molecular weight is 469 g/mol. The van der Waals surface area contributed by atoms with Gasteiger partial charge in [0, 0.05) is 24.6 Å².